The fourth-order valence-corrected chi connectivity index (χ4v) is 5.98. The summed E-state index contributed by atoms with van der Waals surface area (Å²) in [6, 6.07) is 14.4. The summed E-state index contributed by atoms with van der Waals surface area (Å²) in [5, 5.41) is 9.19. The van der Waals surface area contributed by atoms with Gasteiger partial charge in [0.1, 0.15) is 18.4 Å². The number of piperidine rings is 1. The predicted octanol–water partition coefficient (Wildman–Crippen LogP) is 5.63. The second-order valence-electron chi connectivity index (χ2n) is 9.80. The Morgan fingerprint density at radius 1 is 1.15 bits per heavy atom. The van der Waals surface area contributed by atoms with Crippen LogP contribution in [0.3, 0.4) is 0 Å². The van der Waals surface area contributed by atoms with E-state index in [0.717, 1.165) is 43.5 Å². The molecule has 2 aliphatic rings. The maximum Gasteiger partial charge on any atom is 0.338 e. The summed E-state index contributed by atoms with van der Waals surface area (Å²) >= 11 is 7.79. The first kappa shape index (κ1) is 28.8. The fraction of sp³-hybridized carbons (Fsp3) is 0.333. The molecule has 0 spiro atoms. The molecule has 3 heterocycles. The van der Waals surface area contributed by atoms with Crippen LogP contribution in [0.2, 0.25) is 5.02 Å². The number of allylic oxidation sites excluding steroid dienone is 1. The van der Waals surface area contributed by atoms with Crippen molar-refractivity contribution in [2.24, 2.45) is 0 Å². The summed E-state index contributed by atoms with van der Waals surface area (Å²) in [6.45, 7) is 7.10. The molecule has 1 saturated heterocycles. The zero-order chi connectivity index (χ0) is 28.8. The van der Waals surface area contributed by atoms with Gasteiger partial charge in [0.05, 0.1) is 5.57 Å². The van der Waals surface area contributed by atoms with Crippen LogP contribution in [0.4, 0.5) is 5.95 Å². The Bertz CT molecular complexity index is 1450. The highest BCUT2D eigenvalue weighted by Gasteiger charge is 2.35. The average Bonchev–Trinajstić information content (AvgIpc) is 3.40. The number of ether oxygens (including phenoxy) is 2. The SMILES string of the molecule is C=CCOC(=O)C1=C(C)Nc2nc(SCc3ccccc3Cl)nn2C1c1ccc(OCC(=O)N2CCCCC2)cc1. The van der Waals surface area contributed by atoms with E-state index in [2.05, 4.69) is 16.9 Å². The van der Waals surface area contributed by atoms with Crippen LogP contribution in [0.5, 0.6) is 5.75 Å². The van der Waals surface area contributed by atoms with Crippen LogP contribution < -0.4 is 10.1 Å². The van der Waals surface area contributed by atoms with Crippen molar-refractivity contribution in [1.82, 2.24) is 19.7 Å². The lowest BCUT2D eigenvalue weighted by atomic mass is 9.96. The molecule has 2 aliphatic heterocycles. The molecule has 1 atom stereocenters. The summed E-state index contributed by atoms with van der Waals surface area (Å²) in [6.07, 6.45) is 4.76. The van der Waals surface area contributed by atoms with Gasteiger partial charge in [-0.3, -0.25) is 4.79 Å². The van der Waals surface area contributed by atoms with Gasteiger partial charge in [0.2, 0.25) is 11.1 Å². The zero-order valence-electron chi connectivity index (χ0n) is 22.8. The number of thioether (sulfide) groups is 1. The predicted molar refractivity (Wildman–Crippen MR) is 159 cm³/mol. The van der Waals surface area contributed by atoms with Crippen molar-refractivity contribution in [3.05, 3.63) is 88.6 Å². The van der Waals surface area contributed by atoms with E-state index < -0.39 is 12.0 Å². The molecule has 1 fully saturated rings. The van der Waals surface area contributed by atoms with Crippen LogP contribution in [0.25, 0.3) is 0 Å². The van der Waals surface area contributed by atoms with E-state index >= 15 is 0 Å². The van der Waals surface area contributed by atoms with Crippen molar-refractivity contribution >= 4 is 41.2 Å². The number of fused-ring (bicyclic) bond motifs is 1. The van der Waals surface area contributed by atoms with Crippen LogP contribution in [0, 0.1) is 0 Å². The highest BCUT2D eigenvalue weighted by Crippen LogP contribution is 2.38. The molecule has 0 aliphatic carbocycles. The number of likely N-dealkylation sites (tertiary alicyclic amines) is 1. The number of benzene rings is 2. The minimum Gasteiger partial charge on any atom is -0.484 e. The number of rotatable bonds is 10. The van der Waals surface area contributed by atoms with Gasteiger partial charge in [0, 0.05) is 29.6 Å². The minimum atomic E-state index is -0.588. The fourth-order valence-electron chi connectivity index (χ4n) is 4.86. The molecule has 214 valence electrons. The molecule has 1 unspecified atom stereocenters. The topological polar surface area (TPSA) is 98.6 Å². The summed E-state index contributed by atoms with van der Waals surface area (Å²) in [4.78, 5) is 32.3. The van der Waals surface area contributed by atoms with Gasteiger partial charge >= 0.3 is 5.97 Å². The van der Waals surface area contributed by atoms with Gasteiger partial charge < -0.3 is 19.7 Å². The van der Waals surface area contributed by atoms with E-state index in [1.165, 1.54) is 17.8 Å². The maximum atomic E-state index is 13.2. The molecule has 9 nitrogen and oxygen atoms in total. The molecule has 1 aromatic heterocycles. The van der Waals surface area contributed by atoms with E-state index in [4.69, 9.17) is 26.2 Å². The first-order valence-corrected chi connectivity index (χ1v) is 14.9. The average molecular weight is 594 g/mol. The largest absolute Gasteiger partial charge is 0.484 e. The number of aromatic nitrogens is 3. The number of anilines is 1. The molecular weight excluding hydrogens is 562 g/mol. The molecule has 0 bridgehead atoms. The van der Waals surface area contributed by atoms with Crippen molar-refractivity contribution in [1.29, 1.82) is 0 Å². The van der Waals surface area contributed by atoms with E-state index in [-0.39, 0.29) is 19.1 Å². The van der Waals surface area contributed by atoms with Crippen LogP contribution in [-0.4, -0.2) is 57.8 Å². The van der Waals surface area contributed by atoms with Gasteiger partial charge in [-0.2, -0.15) is 4.98 Å². The lowest BCUT2D eigenvalue weighted by molar-refractivity contribution is -0.138. The molecular formula is C30H32ClN5O4S. The molecule has 41 heavy (non-hydrogen) atoms. The van der Waals surface area contributed by atoms with Crippen molar-refractivity contribution in [3.63, 3.8) is 0 Å². The normalized spacial score (nSPS) is 16.5. The maximum absolute atomic E-state index is 13.2. The quantitative estimate of drug-likeness (QED) is 0.183. The van der Waals surface area contributed by atoms with Crippen molar-refractivity contribution in [3.8, 4) is 5.75 Å². The van der Waals surface area contributed by atoms with E-state index in [1.807, 2.05) is 48.2 Å². The van der Waals surface area contributed by atoms with Gasteiger partial charge in [-0.25, -0.2) is 9.48 Å². The Morgan fingerprint density at radius 3 is 2.63 bits per heavy atom. The third kappa shape index (κ3) is 6.77. The second kappa shape index (κ2) is 13.3. The third-order valence-electron chi connectivity index (χ3n) is 6.97. The first-order chi connectivity index (χ1) is 19.9. The number of nitrogens with one attached hydrogen (secondary N) is 1. The zero-order valence-corrected chi connectivity index (χ0v) is 24.4. The van der Waals surface area contributed by atoms with Gasteiger partial charge in [0.25, 0.3) is 5.91 Å². The Kier molecular flexibility index (Phi) is 9.31. The summed E-state index contributed by atoms with van der Waals surface area (Å²) in [7, 11) is 0. The molecule has 1 N–H and O–H groups in total. The first-order valence-electron chi connectivity index (χ1n) is 13.5. The Balaban J connectivity index is 1.37. The van der Waals surface area contributed by atoms with Gasteiger partial charge in [-0.1, -0.05) is 66.3 Å². The Morgan fingerprint density at radius 2 is 1.90 bits per heavy atom. The lowest BCUT2D eigenvalue weighted by Gasteiger charge is -2.28. The summed E-state index contributed by atoms with van der Waals surface area (Å²) < 4.78 is 12.9. The number of hydrogen-bond acceptors (Lipinski definition) is 8. The molecule has 1 amide bonds. The standard InChI is InChI=1S/C30H32ClN5O4S/c1-3-17-39-28(38)26-20(2)32-29-33-30(41-19-22-9-5-6-10-24(22)31)34-36(29)27(26)21-11-13-23(14-12-21)40-18-25(37)35-15-7-4-8-16-35/h3,5-6,9-14,27H,1,4,7-8,15-19H2,2H3,(H,32,33,34). The van der Waals surface area contributed by atoms with E-state index in [0.29, 0.717) is 38.9 Å². The molecule has 0 radical (unpaired) electrons. The monoisotopic (exact) mass is 593 g/mol. The summed E-state index contributed by atoms with van der Waals surface area (Å²) in [5.74, 6) is 1.20. The van der Waals surface area contributed by atoms with Crippen LogP contribution in [0.1, 0.15) is 43.4 Å². The smallest absolute Gasteiger partial charge is 0.338 e. The number of amides is 1. The van der Waals surface area contributed by atoms with Crippen molar-refractivity contribution < 1.29 is 19.1 Å². The summed E-state index contributed by atoms with van der Waals surface area (Å²) in [5.41, 5.74) is 2.81. The molecule has 0 saturated carbocycles. The van der Waals surface area contributed by atoms with Gasteiger partial charge in [-0.05, 0) is 55.5 Å². The highest BCUT2D eigenvalue weighted by molar-refractivity contribution is 7.98. The van der Waals surface area contributed by atoms with Crippen LogP contribution in [0.15, 0.2) is 77.6 Å². The van der Waals surface area contributed by atoms with Crippen LogP contribution >= 0.6 is 23.4 Å². The van der Waals surface area contributed by atoms with Gasteiger partial charge in [-0.15, -0.1) is 5.10 Å². The number of hydrogen-bond donors (Lipinski definition) is 1. The molecule has 2 aromatic carbocycles. The number of nitrogens with zero attached hydrogens (tertiary/aromatic N) is 4. The minimum absolute atomic E-state index is 0.00739. The third-order valence-corrected chi connectivity index (χ3v) is 8.22. The number of esters is 1. The highest BCUT2D eigenvalue weighted by atomic mass is 35.5. The second-order valence-corrected chi connectivity index (χ2v) is 11.1. The number of carbonyl (C=O) groups is 2. The van der Waals surface area contributed by atoms with Gasteiger partial charge in [0.15, 0.2) is 6.61 Å². The van der Waals surface area contributed by atoms with Crippen molar-refractivity contribution in [2.45, 2.75) is 43.1 Å². The van der Waals surface area contributed by atoms with E-state index in [1.54, 1.807) is 16.8 Å². The lowest BCUT2D eigenvalue weighted by Crippen LogP contribution is -2.38. The molecule has 11 heteroatoms. The Hall–Kier alpha value is -3.76. The van der Waals surface area contributed by atoms with E-state index in [9.17, 15) is 9.59 Å². The molecule has 5 rings (SSSR count). The Labute approximate surface area is 248 Å². The number of carbonyl (C=O) groups excluding carboxylic acids is 2. The van der Waals surface area contributed by atoms with Crippen molar-refractivity contribution in [2.75, 3.05) is 31.6 Å². The van der Waals surface area contributed by atoms with Crippen LogP contribution in [-0.2, 0) is 20.1 Å². The number of halogens is 1. The molecule has 3 aromatic rings.